The van der Waals surface area contributed by atoms with Gasteiger partial charge in [0.25, 0.3) is 11.6 Å². The first-order chi connectivity index (χ1) is 18.4. The molecular weight excluding hydrogens is 478 g/mol. The lowest BCUT2D eigenvalue weighted by molar-refractivity contribution is -0.384. The third kappa shape index (κ3) is 5.08. The summed E-state index contributed by atoms with van der Waals surface area (Å²) < 4.78 is 2.15. The molecule has 1 N–H and O–H groups in total. The van der Waals surface area contributed by atoms with Gasteiger partial charge in [0.2, 0.25) is 0 Å². The van der Waals surface area contributed by atoms with E-state index in [4.69, 9.17) is 0 Å². The van der Waals surface area contributed by atoms with E-state index < -0.39 is 4.92 Å². The van der Waals surface area contributed by atoms with Crippen LogP contribution in [0.5, 0.6) is 0 Å². The molecule has 7 heteroatoms. The minimum Gasteiger partial charge on any atom is -0.346 e. The predicted octanol–water partition coefficient (Wildman–Crippen LogP) is 6.57. The van der Waals surface area contributed by atoms with Gasteiger partial charge in [-0.15, -0.1) is 0 Å². The fourth-order valence-corrected chi connectivity index (χ4v) is 4.59. The number of carbonyl (C=O) groups excluding carboxylic acids is 2. The SMILES string of the molecule is C[C@H](NC(=O)c1ccc2c(ccn2Cc2ccccc2-c2ccc(C=O)cc2)c1)c1ccc([N+](=O)[O-])cc1. The molecule has 5 aromatic rings. The molecule has 1 aromatic heterocycles. The summed E-state index contributed by atoms with van der Waals surface area (Å²) in [6, 6.07) is 29.2. The Bertz CT molecular complexity index is 1640. The first kappa shape index (κ1) is 24.6. The Labute approximate surface area is 219 Å². The summed E-state index contributed by atoms with van der Waals surface area (Å²) in [5.74, 6) is -0.213. The number of nitro benzene ring substituents is 1. The summed E-state index contributed by atoms with van der Waals surface area (Å²) >= 11 is 0. The Kier molecular flexibility index (Phi) is 6.82. The van der Waals surface area contributed by atoms with Crippen LogP contribution in [-0.2, 0) is 6.54 Å². The Balaban J connectivity index is 1.34. The fraction of sp³-hybridized carbons (Fsp3) is 0.0968. The first-order valence-corrected chi connectivity index (χ1v) is 12.2. The Morgan fingerprint density at radius 1 is 0.974 bits per heavy atom. The highest BCUT2D eigenvalue weighted by Crippen LogP contribution is 2.27. The molecule has 7 nitrogen and oxygen atoms in total. The van der Waals surface area contributed by atoms with Crippen LogP contribution in [0.4, 0.5) is 5.69 Å². The quantitative estimate of drug-likeness (QED) is 0.147. The van der Waals surface area contributed by atoms with Crippen molar-refractivity contribution in [3.05, 3.63) is 136 Å². The number of fused-ring (bicyclic) bond motifs is 1. The number of amides is 1. The van der Waals surface area contributed by atoms with E-state index in [0.29, 0.717) is 17.7 Å². The van der Waals surface area contributed by atoms with Crippen molar-refractivity contribution < 1.29 is 14.5 Å². The van der Waals surface area contributed by atoms with Crippen LogP contribution in [0.1, 0.15) is 44.8 Å². The molecule has 0 aliphatic heterocycles. The molecule has 0 unspecified atom stereocenters. The minimum absolute atomic E-state index is 0.0145. The Morgan fingerprint density at radius 2 is 1.71 bits per heavy atom. The number of nitrogens with zero attached hydrogens (tertiary/aromatic N) is 2. The van der Waals surface area contributed by atoms with Crippen LogP contribution >= 0.6 is 0 Å². The van der Waals surface area contributed by atoms with Gasteiger partial charge in [0.05, 0.1) is 11.0 Å². The molecule has 0 saturated heterocycles. The molecule has 0 aliphatic carbocycles. The van der Waals surface area contributed by atoms with E-state index in [0.717, 1.165) is 39.4 Å². The van der Waals surface area contributed by atoms with E-state index in [9.17, 15) is 19.7 Å². The van der Waals surface area contributed by atoms with E-state index in [1.54, 1.807) is 18.2 Å². The number of non-ortho nitro benzene ring substituents is 1. The van der Waals surface area contributed by atoms with E-state index in [1.807, 2.05) is 67.7 Å². The number of benzene rings is 4. The summed E-state index contributed by atoms with van der Waals surface area (Å²) in [7, 11) is 0. The number of carbonyl (C=O) groups is 2. The molecule has 1 amide bonds. The maximum absolute atomic E-state index is 12.9. The predicted molar refractivity (Wildman–Crippen MR) is 147 cm³/mol. The monoisotopic (exact) mass is 503 g/mol. The highest BCUT2D eigenvalue weighted by molar-refractivity contribution is 5.98. The fourth-order valence-electron chi connectivity index (χ4n) is 4.59. The van der Waals surface area contributed by atoms with Gasteiger partial charge in [0, 0.05) is 46.9 Å². The first-order valence-electron chi connectivity index (χ1n) is 12.2. The van der Waals surface area contributed by atoms with Gasteiger partial charge in [-0.05, 0) is 53.4 Å². The average Bonchev–Trinajstić information content (AvgIpc) is 3.35. The van der Waals surface area contributed by atoms with Crippen molar-refractivity contribution in [1.29, 1.82) is 0 Å². The Hall–Kier alpha value is -5.04. The lowest BCUT2D eigenvalue weighted by Crippen LogP contribution is -2.26. The van der Waals surface area contributed by atoms with Crippen molar-refractivity contribution in [1.82, 2.24) is 9.88 Å². The van der Waals surface area contributed by atoms with Crippen LogP contribution in [0.2, 0.25) is 0 Å². The van der Waals surface area contributed by atoms with Crippen molar-refractivity contribution >= 4 is 28.8 Å². The van der Waals surface area contributed by atoms with Gasteiger partial charge in [-0.3, -0.25) is 19.7 Å². The van der Waals surface area contributed by atoms with E-state index >= 15 is 0 Å². The van der Waals surface area contributed by atoms with Crippen LogP contribution in [0.15, 0.2) is 103 Å². The van der Waals surface area contributed by atoms with E-state index in [-0.39, 0.29) is 17.6 Å². The minimum atomic E-state index is -0.445. The van der Waals surface area contributed by atoms with Crippen molar-refractivity contribution in [3.8, 4) is 11.1 Å². The average molecular weight is 504 g/mol. The molecule has 0 spiro atoms. The molecule has 0 saturated carbocycles. The number of nitro groups is 1. The van der Waals surface area contributed by atoms with Crippen LogP contribution in [0, 0.1) is 10.1 Å². The molecule has 0 bridgehead atoms. The third-order valence-corrected chi connectivity index (χ3v) is 6.70. The summed E-state index contributed by atoms with van der Waals surface area (Å²) in [5, 5.41) is 14.8. The highest BCUT2D eigenvalue weighted by atomic mass is 16.6. The van der Waals surface area contributed by atoms with Gasteiger partial charge in [-0.2, -0.15) is 0 Å². The largest absolute Gasteiger partial charge is 0.346 e. The number of nitrogens with one attached hydrogen (secondary N) is 1. The molecule has 4 aromatic carbocycles. The van der Waals surface area contributed by atoms with E-state index in [2.05, 4.69) is 22.0 Å². The van der Waals surface area contributed by atoms with Gasteiger partial charge in [-0.1, -0.05) is 60.7 Å². The van der Waals surface area contributed by atoms with Crippen molar-refractivity contribution in [2.75, 3.05) is 0 Å². The summed E-state index contributed by atoms with van der Waals surface area (Å²) in [5.41, 5.74) is 6.28. The van der Waals surface area contributed by atoms with Gasteiger partial charge in [0.15, 0.2) is 0 Å². The third-order valence-electron chi connectivity index (χ3n) is 6.70. The van der Waals surface area contributed by atoms with Crippen LogP contribution < -0.4 is 5.32 Å². The summed E-state index contributed by atoms with van der Waals surface area (Å²) in [4.78, 5) is 34.4. The molecular formula is C31H25N3O4. The molecule has 5 rings (SSSR count). The molecule has 0 radical (unpaired) electrons. The number of aromatic nitrogens is 1. The van der Waals surface area contributed by atoms with Gasteiger partial charge in [0.1, 0.15) is 6.29 Å². The van der Waals surface area contributed by atoms with Crippen LogP contribution in [-0.4, -0.2) is 21.7 Å². The number of hydrogen-bond donors (Lipinski definition) is 1. The maximum atomic E-state index is 12.9. The van der Waals surface area contributed by atoms with Gasteiger partial charge >= 0.3 is 0 Å². The van der Waals surface area contributed by atoms with Crippen LogP contribution in [0.3, 0.4) is 0 Å². The lowest BCUT2D eigenvalue weighted by atomic mass is 9.98. The standard InChI is InChI=1S/C31H25N3O4/c1-21(23-10-13-28(14-11-23)34(37)38)32-31(36)26-12-15-30-25(18-26)16-17-33(30)19-27-4-2-3-5-29(27)24-8-6-22(20-35)7-9-24/h2-18,20-21H,19H2,1H3,(H,32,36)/t21-/m0/s1. The Morgan fingerprint density at radius 3 is 2.42 bits per heavy atom. The maximum Gasteiger partial charge on any atom is 0.269 e. The smallest absolute Gasteiger partial charge is 0.269 e. The second-order valence-electron chi connectivity index (χ2n) is 9.16. The van der Waals surface area contributed by atoms with E-state index in [1.165, 1.54) is 12.1 Å². The molecule has 0 fully saturated rings. The summed E-state index contributed by atoms with van der Waals surface area (Å²) in [6.07, 6.45) is 2.85. The molecule has 38 heavy (non-hydrogen) atoms. The number of hydrogen-bond acceptors (Lipinski definition) is 4. The second-order valence-corrected chi connectivity index (χ2v) is 9.16. The van der Waals surface area contributed by atoms with Crippen LogP contribution in [0.25, 0.3) is 22.0 Å². The number of rotatable bonds is 8. The number of aldehydes is 1. The molecule has 1 atom stereocenters. The zero-order valence-corrected chi connectivity index (χ0v) is 20.7. The molecule has 1 heterocycles. The lowest BCUT2D eigenvalue weighted by Gasteiger charge is -2.15. The van der Waals surface area contributed by atoms with Crippen molar-refractivity contribution in [2.45, 2.75) is 19.5 Å². The van der Waals surface area contributed by atoms with Gasteiger partial charge in [-0.25, -0.2) is 0 Å². The highest BCUT2D eigenvalue weighted by Gasteiger charge is 2.15. The van der Waals surface area contributed by atoms with Gasteiger partial charge < -0.3 is 9.88 Å². The topological polar surface area (TPSA) is 94.2 Å². The molecule has 188 valence electrons. The van der Waals surface area contributed by atoms with Crippen molar-refractivity contribution in [3.63, 3.8) is 0 Å². The summed E-state index contributed by atoms with van der Waals surface area (Å²) in [6.45, 7) is 2.50. The second kappa shape index (κ2) is 10.5. The zero-order valence-electron chi connectivity index (χ0n) is 20.7. The zero-order chi connectivity index (χ0) is 26.6. The van der Waals surface area contributed by atoms with Crippen molar-refractivity contribution in [2.24, 2.45) is 0 Å². The normalized spacial score (nSPS) is 11.7. The molecule has 0 aliphatic rings.